The molecule has 1 amide bonds. The Balaban J connectivity index is 2.07. The number of carbonyl (C=O) groups excluding carboxylic acids is 1. The van der Waals surface area contributed by atoms with Crippen LogP contribution in [-0.4, -0.2) is 58.8 Å². The molecule has 1 aromatic heterocycles. The molecular weight excluding hydrogens is 668 g/mol. The van der Waals surface area contributed by atoms with E-state index in [4.69, 9.17) is 0 Å². The van der Waals surface area contributed by atoms with Gasteiger partial charge < -0.3 is 19.1 Å². The number of hydrogen-bond donors (Lipinski definition) is 0. The molecule has 7 nitrogen and oxygen atoms in total. The van der Waals surface area contributed by atoms with Crippen LogP contribution in [0.3, 0.4) is 0 Å². The standard InChI is InChI=1S/C22H21F9IN3O4/c23-20(24,25)12-37-11-15-10-14(33-19(34-15)38-13-21(26,27)28)2-1-3-18(36)35(9-8-32)16-4-6-17(7-5-16)39-22(29,30)31/h4-7,10H,1-3,8-9,11-13H2. The maximum absolute atomic E-state index is 12.8. The van der Waals surface area contributed by atoms with E-state index in [1.807, 2.05) is 22.6 Å². The Morgan fingerprint density at radius 3 is 2.08 bits per heavy atom. The van der Waals surface area contributed by atoms with E-state index in [1.54, 1.807) is 0 Å². The van der Waals surface area contributed by atoms with Crippen molar-refractivity contribution in [3.8, 4) is 11.8 Å². The monoisotopic (exact) mass is 689 g/mol. The Morgan fingerprint density at radius 1 is 0.897 bits per heavy atom. The summed E-state index contributed by atoms with van der Waals surface area (Å²) < 4.78 is 125. The minimum absolute atomic E-state index is 0.0271. The van der Waals surface area contributed by atoms with Crippen LogP contribution in [0.15, 0.2) is 30.3 Å². The molecule has 0 fully saturated rings. The summed E-state index contributed by atoms with van der Waals surface area (Å²) in [5.41, 5.74) is 0.273. The zero-order valence-electron chi connectivity index (χ0n) is 19.8. The molecule has 0 aliphatic heterocycles. The van der Waals surface area contributed by atoms with Crippen LogP contribution in [0.25, 0.3) is 0 Å². The first kappa shape index (κ1) is 32.6. The number of aryl methyl sites for hydroxylation is 1. The van der Waals surface area contributed by atoms with Gasteiger partial charge in [0.2, 0.25) is 5.91 Å². The molecule has 2 rings (SSSR count). The van der Waals surface area contributed by atoms with Crippen LogP contribution in [0.2, 0.25) is 0 Å². The van der Waals surface area contributed by atoms with Gasteiger partial charge in [-0.3, -0.25) is 4.79 Å². The van der Waals surface area contributed by atoms with Crippen molar-refractivity contribution >= 4 is 34.2 Å². The van der Waals surface area contributed by atoms with Crippen molar-refractivity contribution in [2.24, 2.45) is 0 Å². The lowest BCUT2D eigenvalue weighted by atomic mass is 10.1. The van der Waals surface area contributed by atoms with E-state index in [9.17, 15) is 44.3 Å². The highest BCUT2D eigenvalue weighted by molar-refractivity contribution is 14.1. The zero-order valence-corrected chi connectivity index (χ0v) is 22.0. The van der Waals surface area contributed by atoms with Crippen LogP contribution in [0.4, 0.5) is 45.2 Å². The van der Waals surface area contributed by atoms with Gasteiger partial charge in [-0.05, 0) is 43.2 Å². The molecule has 0 aliphatic rings. The van der Waals surface area contributed by atoms with Gasteiger partial charge in [0.05, 0.1) is 12.3 Å². The van der Waals surface area contributed by atoms with E-state index in [2.05, 4.69) is 24.2 Å². The molecule has 1 aromatic carbocycles. The highest BCUT2D eigenvalue weighted by Gasteiger charge is 2.31. The number of anilines is 1. The van der Waals surface area contributed by atoms with Gasteiger partial charge in [-0.15, -0.1) is 13.2 Å². The van der Waals surface area contributed by atoms with E-state index in [-0.39, 0.29) is 37.2 Å². The van der Waals surface area contributed by atoms with E-state index < -0.39 is 56.2 Å². The summed E-state index contributed by atoms with van der Waals surface area (Å²) >= 11 is 2.01. The molecule has 17 heteroatoms. The molecule has 2 aromatic rings. The third-order valence-electron chi connectivity index (χ3n) is 4.51. The summed E-state index contributed by atoms with van der Waals surface area (Å²) in [7, 11) is 0. The van der Waals surface area contributed by atoms with E-state index in [0.717, 1.165) is 12.1 Å². The third-order valence-corrected chi connectivity index (χ3v) is 4.99. The number of hydrogen-bond acceptors (Lipinski definition) is 6. The topological polar surface area (TPSA) is 73.8 Å². The Morgan fingerprint density at radius 2 is 1.51 bits per heavy atom. The van der Waals surface area contributed by atoms with Crippen LogP contribution in [-0.2, 0) is 22.6 Å². The smallest absolute Gasteiger partial charge is 0.454 e. The number of ether oxygens (including phenoxy) is 3. The zero-order chi connectivity index (χ0) is 29.3. The predicted octanol–water partition coefficient (Wildman–Crippen LogP) is 6.19. The second-order valence-electron chi connectivity index (χ2n) is 7.77. The lowest BCUT2D eigenvalue weighted by Gasteiger charge is -2.22. The van der Waals surface area contributed by atoms with E-state index in [1.165, 1.54) is 23.1 Å². The van der Waals surface area contributed by atoms with E-state index in [0.29, 0.717) is 10.1 Å². The Labute approximate surface area is 229 Å². The summed E-state index contributed by atoms with van der Waals surface area (Å²) in [5.74, 6) is -0.858. The summed E-state index contributed by atoms with van der Waals surface area (Å²) in [5, 5.41) is 0. The molecule has 0 saturated carbocycles. The maximum Gasteiger partial charge on any atom is 0.573 e. The Bertz CT molecular complexity index is 1060. The average molecular weight is 689 g/mol. The first-order valence-electron chi connectivity index (χ1n) is 11.0. The van der Waals surface area contributed by atoms with Gasteiger partial charge in [0.25, 0.3) is 0 Å². The van der Waals surface area contributed by atoms with Gasteiger partial charge in [0.1, 0.15) is 12.4 Å². The molecule has 0 aliphatic carbocycles. The molecule has 1 heterocycles. The number of nitrogens with zero attached hydrogens (tertiary/aromatic N) is 3. The number of aromatic nitrogens is 2. The molecule has 0 unspecified atom stereocenters. The maximum atomic E-state index is 12.8. The SMILES string of the molecule is O=C(CCCc1cc(COCC(F)(F)F)nc(OCC(F)(F)F)n1)N(CCI)c1ccc(OC(F)(F)F)cc1. The first-order chi connectivity index (χ1) is 18.0. The van der Waals surface area contributed by atoms with Crippen molar-refractivity contribution in [1.29, 1.82) is 0 Å². The molecule has 0 N–H and O–H groups in total. The Kier molecular flexibility index (Phi) is 11.9. The van der Waals surface area contributed by atoms with Gasteiger partial charge in [-0.1, -0.05) is 22.6 Å². The summed E-state index contributed by atoms with van der Waals surface area (Å²) in [6, 6.07) is 5.20. The van der Waals surface area contributed by atoms with Crippen LogP contribution in [0, 0.1) is 0 Å². The molecular formula is C22H21F9IN3O4. The minimum Gasteiger partial charge on any atom is -0.454 e. The van der Waals surface area contributed by atoms with Crippen molar-refractivity contribution in [3.05, 3.63) is 41.7 Å². The van der Waals surface area contributed by atoms with Crippen molar-refractivity contribution in [2.45, 2.75) is 44.6 Å². The highest BCUT2D eigenvalue weighted by Crippen LogP contribution is 2.26. The summed E-state index contributed by atoms with van der Waals surface area (Å²) in [6.45, 7) is -3.76. The first-order valence-corrected chi connectivity index (χ1v) is 12.5. The fourth-order valence-corrected chi connectivity index (χ4v) is 3.56. The van der Waals surface area contributed by atoms with E-state index >= 15 is 0 Å². The number of halogens is 10. The van der Waals surface area contributed by atoms with Gasteiger partial charge in [0, 0.05) is 28.8 Å². The normalized spacial score (nSPS) is 12.4. The molecule has 0 bridgehead atoms. The molecule has 0 saturated heterocycles. The number of alkyl halides is 10. The molecule has 218 valence electrons. The van der Waals surface area contributed by atoms with Crippen LogP contribution < -0.4 is 14.4 Å². The molecule has 0 radical (unpaired) electrons. The van der Waals surface area contributed by atoms with Gasteiger partial charge >= 0.3 is 24.7 Å². The second-order valence-corrected chi connectivity index (χ2v) is 8.85. The fourth-order valence-electron chi connectivity index (χ4n) is 3.08. The van der Waals surface area contributed by atoms with Crippen molar-refractivity contribution in [1.82, 2.24) is 9.97 Å². The van der Waals surface area contributed by atoms with Gasteiger partial charge in [-0.2, -0.15) is 31.3 Å². The van der Waals surface area contributed by atoms with Gasteiger partial charge in [0.15, 0.2) is 6.61 Å². The molecule has 39 heavy (non-hydrogen) atoms. The predicted molar refractivity (Wildman–Crippen MR) is 127 cm³/mol. The lowest BCUT2D eigenvalue weighted by molar-refractivity contribution is -0.274. The van der Waals surface area contributed by atoms with Gasteiger partial charge in [-0.25, -0.2) is 4.98 Å². The van der Waals surface area contributed by atoms with Crippen molar-refractivity contribution < 1.29 is 58.5 Å². The lowest BCUT2D eigenvalue weighted by Crippen LogP contribution is -2.32. The number of benzene rings is 1. The Hall–Kier alpha value is -2.57. The number of carbonyl (C=O) groups is 1. The largest absolute Gasteiger partial charge is 0.573 e. The molecule has 0 atom stereocenters. The van der Waals surface area contributed by atoms with Crippen molar-refractivity contribution in [3.63, 3.8) is 0 Å². The number of amides is 1. The quantitative estimate of drug-likeness (QED) is 0.142. The summed E-state index contributed by atoms with van der Waals surface area (Å²) in [6.07, 6.45) is -14.1. The molecule has 0 spiro atoms. The number of rotatable bonds is 13. The average Bonchev–Trinajstić information content (AvgIpc) is 2.79. The minimum atomic E-state index is -4.87. The second kappa shape index (κ2) is 14.2. The highest BCUT2D eigenvalue weighted by atomic mass is 127. The van der Waals surface area contributed by atoms with Crippen LogP contribution in [0.5, 0.6) is 11.8 Å². The summed E-state index contributed by atoms with van der Waals surface area (Å²) in [4.78, 5) is 21.6. The van der Waals surface area contributed by atoms with Crippen LogP contribution >= 0.6 is 22.6 Å². The van der Waals surface area contributed by atoms with Crippen molar-refractivity contribution in [2.75, 3.05) is 29.1 Å². The third kappa shape index (κ3) is 13.4. The fraction of sp³-hybridized carbons (Fsp3) is 0.500. The van der Waals surface area contributed by atoms with Crippen LogP contribution in [0.1, 0.15) is 24.2 Å².